The average Bonchev–Trinajstić information content (AvgIpc) is 2.18. The SMILES string of the molecule is CCOC(=O)C(F)Oc1cncc(Br)c1. The quantitative estimate of drug-likeness (QED) is 0.791. The van der Waals surface area contributed by atoms with Crippen LogP contribution in [0.5, 0.6) is 5.75 Å². The molecule has 0 spiro atoms. The summed E-state index contributed by atoms with van der Waals surface area (Å²) in [5, 5.41) is 0. The third-order valence-electron chi connectivity index (χ3n) is 1.39. The lowest BCUT2D eigenvalue weighted by Gasteiger charge is -2.09. The molecule has 0 amide bonds. The second kappa shape index (κ2) is 5.65. The van der Waals surface area contributed by atoms with Crippen LogP contribution in [0.4, 0.5) is 4.39 Å². The van der Waals surface area contributed by atoms with Gasteiger partial charge in [0.15, 0.2) is 0 Å². The number of pyridine rings is 1. The molecule has 0 saturated heterocycles. The summed E-state index contributed by atoms with van der Waals surface area (Å²) in [7, 11) is 0. The average molecular weight is 278 g/mol. The van der Waals surface area contributed by atoms with E-state index in [1.165, 1.54) is 18.5 Å². The number of rotatable bonds is 4. The van der Waals surface area contributed by atoms with Gasteiger partial charge in [-0.1, -0.05) is 0 Å². The first kappa shape index (κ1) is 11.9. The molecule has 1 aromatic rings. The molecule has 6 heteroatoms. The summed E-state index contributed by atoms with van der Waals surface area (Å²) in [5.74, 6) is -0.887. The summed E-state index contributed by atoms with van der Waals surface area (Å²) < 4.78 is 22.8. The first-order valence-corrected chi connectivity index (χ1v) is 5.00. The van der Waals surface area contributed by atoms with Crippen LogP contribution in [0.3, 0.4) is 0 Å². The van der Waals surface area contributed by atoms with E-state index in [0.717, 1.165) is 0 Å². The van der Waals surface area contributed by atoms with E-state index in [1.807, 2.05) is 0 Å². The van der Waals surface area contributed by atoms with Crippen LogP contribution in [0.2, 0.25) is 0 Å². The Morgan fingerprint density at radius 1 is 1.67 bits per heavy atom. The molecule has 0 aliphatic heterocycles. The van der Waals surface area contributed by atoms with Crippen molar-refractivity contribution >= 4 is 21.9 Å². The van der Waals surface area contributed by atoms with Crippen molar-refractivity contribution in [1.82, 2.24) is 4.98 Å². The van der Waals surface area contributed by atoms with Gasteiger partial charge in [0.25, 0.3) is 0 Å². The topological polar surface area (TPSA) is 48.4 Å². The second-order valence-corrected chi connectivity index (χ2v) is 3.44. The number of halogens is 2. The Balaban J connectivity index is 2.58. The molecule has 0 N–H and O–H groups in total. The molecule has 1 atom stereocenters. The standard InChI is InChI=1S/C9H9BrFNO3/c1-2-14-9(13)8(11)15-7-3-6(10)4-12-5-7/h3-5,8H,2H2,1H3. The van der Waals surface area contributed by atoms with Crippen LogP contribution in [-0.2, 0) is 9.53 Å². The molecule has 0 bridgehead atoms. The van der Waals surface area contributed by atoms with Crippen LogP contribution in [0, 0.1) is 0 Å². The van der Waals surface area contributed by atoms with Crippen molar-refractivity contribution in [3.63, 3.8) is 0 Å². The number of esters is 1. The Hall–Kier alpha value is -1.17. The van der Waals surface area contributed by atoms with Gasteiger partial charge in [0.1, 0.15) is 5.75 Å². The predicted octanol–water partition coefficient (Wildman–Crippen LogP) is 2.08. The fourth-order valence-electron chi connectivity index (χ4n) is 0.832. The number of carbonyl (C=O) groups excluding carboxylic acids is 1. The van der Waals surface area contributed by atoms with E-state index < -0.39 is 12.3 Å². The molecule has 15 heavy (non-hydrogen) atoms. The Morgan fingerprint density at radius 2 is 2.40 bits per heavy atom. The van der Waals surface area contributed by atoms with Gasteiger partial charge in [0.05, 0.1) is 12.8 Å². The van der Waals surface area contributed by atoms with Crippen LogP contribution in [0.15, 0.2) is 22.9 Å². The number of hydrogen-bond acceptors (Lipinski definition) is 4. The zero-order chi connectivity index (χ0) is 11.3. The highest BCUT2D eigenvalue weighted by Gasteiger charge is 2.20. The summed E-state index contributed by atoms with van der Waals surface area (Å²) in [4.78, 5) is 14.6. The zero-order valence-electron chi connectivity index (χ0n) is 7.94. The van der Waals surface area contributed by atoms with E-state index in [0.29, 0.717) is 4.47 Å². The minimum absolute atomic E-state index is 0.110. The lowest BCUT2D eigenvalue weighted by Crippen LogP contribution is -2.24. The maximum atomic E-state index is 13.1. The van der Waals surface area contributed by atoms with E-state index in [-0.39, 0.29) is 12.4 Å². The molecule has 0 saturated carbocycles. The molecule has 0 radical (unpaired) electrons. The van der Waals surface area contributed by atoms with Gasteiger partial charge in [0, 0.05) is 10.7 Å². The van der Waals surface area contributed by atoms with Crippen LogP contribution >= 0.6 is 15.9 Å². The molecule has 0 aliphatic carbocycles. The first-order valence-electron chi connectivity index (χ1n) is 4.21. The van der Waals surface area contributed by atoms with Crippen LogP contribution < -0.4 is 4.74 Å². The number of ether oxygens (including phenoxy) is 2. The van der Waals surface area contributed by atoms with Crippen LogP contribution in [0.1, 0.15) is 6.92 Å². The highest BCUT2D eigenvalue weighted by atomic mass is 79.9. The van der Waals surface area contributed by atoms with Crippen molar-refractivity contribution in [2.45, 2.75) is 13.3 Å². The molecule has 1 aromatic heterocycles. The minimum atomic E-state index is -2.12. The number of carbonyl (C=O) groups is 1. The minimum Gasteiger partial charge on any atom is -0.461 e. The highest BCUT2D eigenvalue weighted by Crippen LogP contribution is 2.17. The van der Waals surface area contributed by atoms with Gasteiger partial charge in [-0.2, -0.15) is 4.39 Å². The summed E-state index contributed by atoms with van der Waals surface area (Å²) in [6, 6.07) is 1.50. The third kappa shape index (κ3) is 3.83. The van der Waals surface area contributed by atoms with Crippen LogP contribution in [0.25, 0.3) is 0 Å². The van der Waals surface area contributed by atoms with E-state index in [1.54, 1.807) is 6.92 Å². The number of hydrogen-bond donors (Lipinski definition) is 0. The largest absolute Gasteiger partial charge is 0.461 e. The molecule has 4 nitrogen and oxygen atoms in total. The Labute approximate surface area is 94.5 Å². The summed E-state index contributed by atoms with van der Waals surface area (Å²) in [6.07, 6.45) is 0.696. The number of aromatic nitrogens is 1. The molecule has 0 fully saturated rings. The summed E-state index contributed by atoms with van der Waals surface area (Å²) >= 11 is 3.14. The normalized spacial score (nSPS) is 11.9. The van der Waals surface area contributed by atoms with Crippen LogP contribution in [-0.4, -0.2) is 23.9 Å². The molecular weight excluding hydrogens is 269 g/mol. The van der Waals surface area contributed by atoms with E-state index in [2.05, 4.69) is 30.4 Å². The summed E-state index contributed by atoms with van der Waals surface area (Å²) in [6.45, 7) is 1.70. The molecule has 1 rings (SSSR count). The van der Waals surface area contributed by atoms with Crippen molar-refractivity contribution in [2.75, 3.05) is 6.61 Å². The lowest BCUT2D eigenvalue weighted by atomic mass is 10.5. The van der Waals surface area contributed by atoms with E-state index in [9.17, 15) is 9.18 Å². The van der Waals surface area contributed by atoms with Crippen molar-refractivity contribution in [2.24, 2.45) is 0 Å². The Bertz CT molecular complexity index is 348. The maximum Gasteiger partial charge on any atom is 0.381 e. The molecule has 1 unspecified atom stereocenters. The van der Waals surface area contributed by atoms with Gasteiger partial charge in [-0.05, 0) is 28.9 Å². The monoisotopic (exact) mass is 277 g/mol. The highest BCUT2D eigenvalue weighted by molar-refractivity contribution is 9.10. The van der Waals surface area contributed by atoms with Gasteiger partial charge in [-0.15, -0.1) is 0 Å². The van der Waals surface area contributed by atoms with Crippen molar-refractivity contribution < 1.29 is 18.7 Å². The third-order valence-corrected chi connectivity index (χ3v) is 1.82. The number of alkyl halides is 1. The van der Waals surface area contributed by atoms with Gasteiger partial charge < -0.3 is 9.47 Å². The smallest absolute Gasteiger partial charge is 0.381 e. The lowest BCUT2D eigenvalue weighted by molar-refractivity contribution is -0.159. The van der Waals surface area contributed by atoms with Gasteiger partial charge in [-0.25, -0.2) is 4.79 Å². The van der Waals surface area contributed by atoms with E-state index >= 15 is 0 Å². The Kier molecular flexibility index (Phi) is 4.48. The maximum absolute atomic E-state index is 13.1. The molecular formula is C9H9BrFNO3. The van der Waals surface area contributed by atoms with Crippen molar-refractivity contribution in [3.8, 4) is 5.75 Å². The molecule has 0 aliphatic rings. The first-order chi connectivity index (χ1) is 7.13. The molecule has 82 valence electrons. The van der Waals surface area contributed by atoms with Gasteiger partial charge >= 0.3 is 12.3 Å². The predicted molar refractivity (Wildman–Crippen MR) is 54.1 cm³/mol. The number of nitrogens with zero attached hydrogens (tertiary/aromatic N) is 1. The van der Waals surface area contributed by atoms with Gasteiger partial charge in [-0.3, -0.25) is 4.98 Å². The molecule has 1 heterocycles. The zero-order valence-corrected chi connectivity index (χ0v) is 9.53. The fraction of sp³-hybridized carbons (Fsp3) is 0.333. The van der Waals surface area contributed by atoms with Gasteiger partial charge in [0.2, 0.25) is 0 Å². The molecule has 0 aromatic carbocycles. The van der Waals surface area contributed by atoms with Crippen molar-refractivity contribution in [1.29, 1.82) is 0 Å². The summed E-state index contributed by atoms with van der Waals surface area (Å²) in [5.41, 5.74) is 0. The second-order valence-electron chi connectivity index (χ2n) is 2.52. The van der Waals surface area contributed by atoms with Crippen molar-refractivity contribution in [3.05, 3.63) is 22.9 Å². The van der Waals surface area contributed by atoms with E-state index in [4.69, 9.17) is 0 Å². The fourth-order valence-corrected chi connectivity index (χ4v) is 1.18. The Morgan fingerprint density at radius 3 is 3.00 bits per heavy atom.